The van der Waals surface area contributed by atoms with Crippen LogP contribution in [0.15, 0.2) is 24.3 Å². The van der Waals surface area contributed by atoms with E-state index in [1.54, 1.807) is 31.3 Å². The highest BCUT2D eigenvalue weighted by molar-refractivity contribution is 5.94. The maximum atomic E-state index is 12.1. The van der Waals surface area contributed by atoms with Gasteiger partial charge in [-0.05, 0) is 37.6 Å². The van der Waals surface area contributed by atoms with Crippen LogP contribution in [0.25, 0.3) is 0 Å². The predicted molar refractivity (Wildman–Crippen MR) is 80.7 cm³/mol. The molecule has 1 aromatic carbocycles. The number of nitrogens with one attached hydrogen (secondary N) is 3. The van der Waals surface area contributed by atoms with Gasteiger partial charge in [-0.25, -0.2) is 4.79 Å². The van der Waals surface area contributed by atoms with Crippen LogP contribution >= 0.6 is 0 Å². The topological polar surface area (TPSA) is 116 Å². The number of aliphatic hydroxyl groups is 1. The molecule has 7 heteroatoms. The Balaban J connectivity index is 2.44. The summed E-state index contributed by atoms with van der Waals surface area (Å²) in [4.78, 5) is 22.6. The van der Waals surface area contributed by atoms with Gasteiger partial charge in [-0.15, -0.1) is 0 Å². The van der Waals surface area contributed by atoms with Crippen LogP contribution < -0.4 is 21.7 Å². The number of primary amides is 1. The third kappa shape index (κ3) is 6.24. The monoisotopic (exact) mass is 294 g/mol. The maximum Gasteiger partial charge on any atom is 0.312 e. The van der Waals surface area contributed by atoms with Crippen LogP contribution in [0.4, 0.5) is 10.5 Å². The van der Waals surface area contributed by atoms with Crippen molar-refractivity contribution >= 4 is 17.6 Å². The predicted octanol–water partition coefficient (Wildman–Crippen LogP) is 0.154. The molecule has 6 N–H and O–H groups in total. The molecule has 0 aliphatic heterocycles. The van der Waals surface area contributed by atoms with Gasteiger partial charge in [-0.3, -0.25) is 4.79 Å². The molecule has 21 heavy (non-hydrogen) atoms. The fourth-order valence-corrected chi connectivity index (χ4v) is 1.85. The number of nitrogens with two attached hydrogens (primary N) is 1. The number of carbonyl (C=O) groups is 2. The van der Waals surface area contributed by atoms with E-state index >= 15 is 0 Å². The summed E-state index contributed by atoms with van der Waals surface area (Å²) in [6.45, 7) is 0.409. The molecule has 1 aromatic rings. The van der Waals surface area contributed by atoms with E-state index in [-0.39, 0.29) is 18.6 Å². The molecule has 0 spiro atoms. The third-order valence-corrected chi connectivity index (χ3v) is 3.04. The zero-order valence-corrected chi connectivity index (χ0v) is 12.1. The molecule has 1 rings (SSSR count). The molecule has 116 valence electrons. The minimum atomic E-state index is -0.565. The van der Waals surface area contributed by atoms with E-state index < -0.39 is 6.03 Å². The SMILES string of the molecule is CNC(CCCNC(N)=O)C(=O)Nc1ccc(CO)cc1. The lowest BCUT2D eigenvalue weighted by Crippen LogP contribution is -2.39. The highest BCUT2D eigenvalue weighted by Gasteiger charge is 2.15. The summed E-state index contributed by atoms with van der Waals surface area (Å²) in [7, 11) is 1.71. The lowest BCUT2D eigenvalue weighted by molar-refractivity contribution is -0.118. The Morgan fingerprint density at radius 3 is 2.48 bits per heavy atom. The van der Waals surface area contributed by atoms with E-state index in [9.17, 15) is 9.59 Å². The first-order valence-electron chi connectivity index (χ1n) is 6.78. The standard InChI is InChI=1S/C14H22N4O3/c1-16-12(3-2-8-17-14(15)21)13(20)18-11-6-4-10(9-19)5-7-11/h4-7,12,16,19H,2-3,8-9H2,1H3,(H,18,20)(H3,15,17,21). The number of hydrogen-bond acceptors (Lipinski definition) is 4. The largest absolute Gasteiger partial charge is 0.392 e. The quantitative estimate of drug-likeness (QED) is 0.439. The van der Waals surface area contributed by atoms with Crippen molar-refractivity contribution < 1.29 is 14.7 Å². The van der Waals surface area contributed by atoms with E-state index in [1.165, 1.54) is 0 Å². The summed E-state index contributed by atoms with van der Waals surface area (Å²) in [6.07, 6.45) is 1.22. The Morgan fingerprint density at radius 2 is 1.95 bits per heavy atom. The van der Waals surface area contributed by atoms with Gasteiger partial charge in [0, 0.05) is 12.2 Å². The van der Waals surface area contributed by atoms with Gasteiger partial charge in [0.15, 0.2) is 0 Å². The lowest BCUT2D eigenvalue weighted by Gasteiger charge is -2.16. The van der Waals surface area contributed by atoms with Gasteiger partial charge in [0.05, 0.1) is 12.6 Å². The van der Waals surface area contributed by atoms with Crippen molar-refractivity contribution in [1.82, 2.24) is 10.6 Å². The average molecular weight is 294 g/mol. The molecule has 0 saturated heterocycles. The van der Waals surface area contributed by atoms with Crippen molar-refractivity contribution in [3.63, 3.8) is 0 Å². The van der Waals surface area contributed by atoms with E-state index in [1.807, 2.05) is 0 Å². The summed E-state index contributed by atoms with van der Waals surface area (Å²) in [6, 6.07) is 6.07. The first-order valence-corrected chi connectivity index (χ1v) is 6.78. The summed E-state index contributed by atoms with van der Waals surface area (Å²) in [5, 5.41) is 17.2. The molecule has 0 bridgehead atoms. The number of amides is 3. The molecule has 0 aromatic heterocycles. The summed E-state index contributed by atoms with van der Waals surface area (Å²) >= 11 is 0. The first-order chi connectivity index (χ1) is 10.1. The van der Waals surface area contributed by atoms with Crippen molar-refractivity contribution in [2.24, 2.45) is 5.73 Å². The molecule has 0 aliphatic carbocycles. The number of carbonyl (C=O) groups excluding carboxylic acids is 2. The van der Waals surface area contributed by atoms with E-state index in [2.05, 4.69) is 16.0 Å². The number of likely N-dealkylation sites (N-methyl/N-ethyl adjacent to an activating group) is 1. The molecular formula is C14H22N4O3. The van der Waals surface area contributed by atoms with Gasteiger partial charge in [-0.2, -0.15) is 0 Å². The number of anilines is 1. The molecule has 0 saturated carbocycles. The Morgan fingerprint density at radius 1 is 1.29 bits per heavy atom. The second-order valence-electron chi connectivity index (χ2n) is 4.62. The number of urea groups is 1. The molecule has 3 amide bonds. The third-order valence-electron chi connectivity index (χ3n) is 3.04. The first kappa shape index (κ1) is 16.9. The molecule has 7 nitrogen and oxygen atoms in total. The van der Waals surface area contributed by atoms with Crippen LogP contribution in [0, 0.1) is 0 Å². The summed E-state index contributed by atoms with van der Waals surface area (Å²) in [5.74, 6) is -0.145. The second-order valence-corrected chi connectivity index (χ2v) is 4.62. The van der Waals surface area contributed by atoms with Gasteiger partial charge in [0.2, 0.25) is 5.91 Å². The van der Waals surface area contributed by atoms with Gasteiger partial charge in [-0.1, -0.05) is 12.1 Å². The van der Waals surface area contributed by atoms with Crippen LogP contribution in [0.1, 0.15) is 18.4 Å². The van der Waals surface area contributed by atoms with Gasteiger partial charge >= 0.3 is 6.03 Å². The molecule has 1 atom stereocenters. The van der Waals surface area contributed by atoms with Crippen LogP contribution in [0.2, 0.25) is 0 Å². The van der Waals surface area contributed by atoms with Crippen molar-refractivity contribution in [3.8, 4) is 0 Å². The highest BCUT2D eigenvalue weighted by atomic mass is 16.3. The highest BCUT2D eigenvalue weighted by Crippen LogP contribution is 2.10. The summed E-state index contributed by atoms with van der Waals surface area (Å²) < 4.78 is 0. The molecular weight excluding hydrogens is 272 g/mol. The van der Waals surface area contributed by atoms with Crippen LogP contribution in [-0.4, -0.2) is 36.7 Å². The van der Waals surface area contributed by atoms with Crippen molar-refractivity contribution in [2.75, 3.05) is 18.9 Å². The molecule has 1 unspecified atom stereocenters. The number of benzene rings is 1. The fraction of sp³-hybridized carbons (Fsp3) is 0.429. The second kappa shape index (κ2) is 8.93. The Labute approximate surface area is 123 Å². The molecule has 0 fully saturated rings. The smallest absolute Gasteiger partial charge is 0.312 e. The molecule has 0 aliphatic rings. The zero-order valence-electron chi connectivity index (χ0n) is 12.1. The fourth-order valence-electron chi connectivity index (χ4n) is 1.85. The minimum Gasteiger partial charge on any atom is -0.392 e. The normalized spacial score (nSPS) is 11.7. The summed E-state index contributed by atoms with van der Waals surface area (Å²) in [5.41, 5.74) is 6.43. The van der Waals surface area contributed by atoms with E-state index in [0.717, 1.165) is 5.56 Å². The Kier molecular flexibility index (Phi) is 7.20. The maximum absolute atomic E-state index is 12.1. The van der Waals surface area contributed by atoms with E-state index in [0.29, 0.717) is 25.1 Å². The average Bonchev–Trinajstić information content (AvgIpc) is 2.47. The van der Waals surface area contributed by atoms with Crippen molar-refractivity contribution in [2.45, 2.75) is 25.5 Å². The van der Waals surface area contributed by atoms with Gasteiger partial charge < -0.3 is 26.8 Å². The van der Waals surface area contributed by atoms with Crippen LogP contribution in [-0.2, 0) is 11.4 Å². The number of aliphatic hydroxyl groups excluding tert-OH is 1. The van der Waals surface area contributed by atoms with Crippen LogP contribution in [0.5, 0.6) is 0 Å². The van der Waals surface area contributed by atoms with E-state index in [4.69, 9.17) is 10.8 Å². The lowest BCUT2D eigenvalue weighted by atomic mass is 10.1. The van der Waals surface area contributed by atoms with Crippen LogP contribution in [0.3, 0.4) is 0 Å². The zero-order chi connectivity index (χ0) is 15.7. The van der Waals surface area contributed by atoms with Crippen molar-refractivity contribution in [1.29, 1.82) is 0 Å². The molecule has 0 radical (unpaired) electrons. The number of rotatable bonds is 8. The number of hydrogen-bond donors (Lipinski definition) is 5. The van der Waals surface area contributed by atoms with Crippen molar-refractivity contribution in [3.05, 3.63) is 29.8 Å². The molecule has 0 heterocycles. The Hall–Kier alpha value is -2.12. The van der Waals surface area contributed by atoms with Gasteiger partial charge in [0.1, 0.15) is 0 Å². The Bertz CT molecular complexity index is 462. The van der Waals surface area contributed by atoms with Gasteiger partial charge in [0.25, 0.3) is 0 Å². The minimum absolute atomic E-state index is 0.0275.